The Morgan fingerprint density at radius 3 is 2.63 bits per heavy atom. The van der Waals surface area contributed by atoms with Gasteiger partial charge in [0, 0.05) is 11.6 Å². The standard InChI is InChI=1S/C15H21FN2O/c1-2-10-3-6-12(7-4-10)18-15(19)11-5-8-13(16)14(17)9-11/h5,8-10,12H,2-4,6-7,17H2,1H3,(H,18,19). The van der Waals surface area contributed by atoms with Crippen molar-refractivity contribution in [1.82, 2.24) is 5.32 Å². The minimum Gasteiger partial charge on any atom is -0.396 e. The molecule has 0 spiro atoms. The first kappa shape index (κ1) is 13.8. The van der Waals surface area contributed by atoms with Crippen LogP contribution < -0.4 is 11.1 Å². The molecule has 0 unspecified atom stereocenters. The minimum absolute atomic E-state index is 0.0161. The van der Waals surface area contributed by atoms with Crippen LogP contribution in [0.15, 0.2) is 18.2 Å². The van der Waals surface area contributed by atoms with Crippen molar-refractivity contribution in [3.05, 3.63) is 29.6 Å². The smallest absolute Gasteiger partial charge is 0.251 e. The van der Waals surface area contributed by atoms with Crippen LogP contribution in [0.25, 0.3) is 0 Å². The monoisotopic (exact) mass is 264 g/mol. The van der Waals surface area contributed by atoms with Crippen LogP contribution in [0, 0.1) is 11.7 Å². The molecule has 4 heteroatoms. The van der Waals surface area contributed by atoms with Crippen molar-refractivity contribution in [3.8, 4) is 0 Å². The molecule has 1 aliphatic rings. The highest BCUT2D eigenvalue weighted by atomic mass is 19.1. The molecule has 0 heterocycles. The Balaban J connectivity index is 1.92. The number of amides is 1. The van der Waals surface area contributed by atoms with Crippen LogP contribution in [0.2, 0.25) is 0 Å². The van der Waals surface area contributed by atoms with Gasteiger partial charge in [-0.05, 0) is 49.8 Å². The third-order valence-electron chi connectivity index (χ3n) is 4.02. The second kappa shape index (κ2) is 6.04. The molecule has 3 N–H and O–H groups in total. The predicted octanol–water partition coefficient (Wildman–Crippen LogP) is 3.11. The topological polar surface area (TPSA) is 55.1 Å². The summed E-state index contributed by atoms with van der Waals surface area (Å²) in [7, 11) is 0. The van der Waals surface area contributed by atoms with Gasteiger partial charge in [0.15, 0.2) is 0 Å². The lowest BCUT2D eigenvalue weighted by atomic mass is 9.84. The third kappa shape index (κ3) is 3.46. The van der Waals surface area contributed by atoms with Gasteiger partial charge in [-0.25, -0.2) is 4.39 Å². The highest BCUT2D eigenvalue weighted by molar-refractivity contribution is 5.95. The SMILES string of the molecule is CCC1CCC(NC(=O)c2ccc(F)c(N)c2)CC1. The van der Waals surface area contributed by atoms with E-state index in [0.717, 1.165) is 18.8 Å². The molecule has 1 aromatic carbocycles. The molecular weight excluding hydrogens is 243 g/mol. The van der Waals surface area contributed by atoms with Crippen molar-refractivity contribution in [2.75, 3.05) is 5.73 Å². The van der Waals surface area contributed by atoms with Gasteiger partial charge in [0.2, 0.25) is 0 Å². The predicted molar refractivity (Wildman–Crippen MR) is 74.3 cm³/mol. The maximum Gasteiger partial charge on any atom is 0.251 e. The number of rotatable bonds is 3. The molecule has 2 rings (SSSR count). The molecule has 1 aliphatic carbocycles. The van der Waals surface area contributed by atoms with Gasteiger partial charge in [-0.15, -0.1) is 0 Å². The van der Waals surface area contributed by atoms with Crippen LogP contribution in [0.4, 0.5) is 10.1 Å². The number of hydrogen-bond acceptors (Lipinski definition) is 2. The maximum absolute atomic E-state index is 13.0. The summed E-state index contributed by atoms with van der Waals surface area (Å²) in [4.78, 5) is 12.0. The Labute approximate surface area is 113 Å². The minimum atomic E-state index is -0.486. The molecule has 0 aromatic heterocycles. The van der Waals surface area contributed by atoms with Crippen LogP contribution in [0.3, 0.4) is 0 Å². The molecule has 0 saturated heterocycles. The number of benzene rings is 1. The first-order chi connectivity index (χ1) is 9.10. The fraction of sp³-hybridized carbons (Fsp3) is 0.533. The Morgan fingerprint density at radius 2 is 2.05 bits per heavy atom. The number of halogens is 1. The molecule has 0 aliphatic heterocycles. The van der Waals surface area contributed by atoms with E-state index in [4.69, 9.17) is 5.73 Å². The second-order valence-electron chi connectivity index (χ2n) is 5.34. The van der Waals surface area contributed by atoms with E-state index in [9.17, 15) is 9.18 Å². The average molecular weight is 264 g/mol. The fourth-order valence-corrected chi connectivity index (χ4v) is 2.67. The number of nitrogens with two attached hydrogens (primary N) is 1. The molecule has 1 aromatic rings. The van der Waals surface area contributed by atoms with Gasteiger partial charge >= 0.3 is 0 Å². The molecule has 3 nitrogen and oxygen atoms in total. The Bertz CT molecular complexity index is 453. The number of anilines is 1. The summed E-state index contributed by atoms with van der Waals surface area (Å²) in [5.41, 5.74) is 5.92. The van der Waals surface area contributed by atoms with Crippen molar-refractivity contribution in [2.24, 2.45) is 5.92 Å². The maximum atomic E-state index is 13.0. The van der Waals surface area contributed by atoms with E-state index in [-0.39, 0.29) is 17.6 Å². The number of carbonyl (C=O) groups excluding carboxylic acids is 1. The van der Waals surface area contributed by atoms with Crippen molar-refractivity contribution in [3.63, 3.8) is 0 Å². The van der Waals surface area contributed by atoms with E-state index >= 15 is 0 Å². The molecule has 1 saturated carbocycles. The molecule has 1 fully saturated rings. The first-order valence-corrected chi connectivity index (χ1v) is 6.96. The van der Waals surface area contributed by atoms with Gasteiger partial charge in [-0.2, -0.15) is 0 Å². The van der Waals surface area contributed by atoms with Crippen LogP contribution in [-0.4, -0.2) is 11.9 Å². The number of nitrogen functional groups attached to an aromatic ring is 1. The van der Waals surface area contributed by atoms with E-state index < -0.39 is 5.82 Å². The lowest BCUT2D eigenvalue weighted by Gasteiger charge is -2.28. The summed E-state index contributed by atoms with van der Waals surface area (Å²) in [6.07, 6.45) is 5.62. The molecular formula is C15H21FN2O. The van der Waals surface area contributed by atoms with Crippen molar-refractivity contribution >= 4 is 11.6 Å². The first-order valence-electron chi connectivity index (χ1n) is 6.96. The van der Waals surface area contributed by atoms with Gasteiger partial charge < -0.3 is 11.1 Å². The Hall–Kier alpha value is -1.58. The Kier molecular flexibility index (Phi) is 4.40. The lowest BCUT2D eigenvalue weighted by Crippen LogP contribution is -2.37. The summed E-state index contributed by atoms with van der Waals surface area (Å²) in [5, 5.41) is 3.01. The molecule has 19 heavy (non-hydrogen) atoms. The Morgan fingerprint density at radius 1 is 1.37 bits per heavy atom. The van der Waals surface area contributed by atoms with E-state index in [0.29, 0.717) is 5.56 Å². The lowest BCUT2D eigenvalue weighted by molar-refractivity contribution is 0.0921. The zero-order chi connectivity index (χ0) is 13.8. The third-order valence-corrected chi connectivity index (χ3v) is 4.02. The van der Waals surface area contributed by atoms with E-state index in [1.54, 1.807) is 0 Å². The van der Waals surface area contributed by atoms with Crippen molar-refractivity contribution in [2.45, 2.75) is 45.1 Å². The van der Waals surface area contributed by atoms with Crippen molar-refractivity contribution in [1.29, 1.82) is 0 Å². The quantitative estimate of drug-likeness (QED) is 0.824. The highest BCUT2D eigenvalue weighted by Gasteiger charge is 2.21. The van der Waals surface area contributed by atoms with Gasteiger partial charge in [0.1, 0.15) is 5.82 Å². The van der Waals surface area contributed by atoms with Crippen LogP contribution in [-0.2, 0) is 0 Å². The normalized spacial score (nSPS) is 23.1. The van der Waals surface area contributed by atoms with Crippen LogP contribution in [0.5, 0.6) is 0 Å². The van der Waals surface area contributed by atoms with Crippen molar-refractivity contribution < 1.29 is 9.18 Å². The van der Waals surface area contributed by atoms with Gasteiger partial charge in [-0.1, -0.05) is 13.3 Å². The number of hydrogen-bond donors (Lipinski definition) is 2. The number of carbonyl (C=O) groups is 1. The van der Waals surface area contributed by atoms with E-state index in [1.807, 2.05) is 0 Å². The second-order valence-corrected chi connectivity index (χ2v) is 5.34. The summed E-state index contributed by atoms with van der Waals surface area (Å²) in [5.74, 6) is 0.154. The van der Waals surface area contributed by atoms with Crippen LogP contribution >= 0.6 is 0 Å². The van der Waals surface area contributed by atoms with Crippen LogP contribution in [0.1, 0.15) is 49.4 Å². The summed E-state index contributed by atoms with van der Waals surface area (Å²) >= 11 is 0. The van der Waals surface area contributed by atoms with Gasteiger partial charge in [0.25, 0.3) is 5.91 Å². The highest BCUT2D eigenvalue weighted by Crippen LogP contribution is 2.26. The largest absolute Gasteiger partial charge is 0.396 e. The fourth-order valence-electron chi connectivity index (χ4n) is 2.67. The van der Waals surface area contributed by atoms with E-state index in [1.165, 1.54) is 37.5 Å². The molecule has 0 atom stereocenters. The molecule has 104 valence electrons. The molecule has 0 radical (unpaired) electrons. The summed E-state index contributed by atoms with van der Waals surface area (Å²) < 4.78 is 13.0. The zero-order valence-corrected chi connectivity index (χ0v) is 11.3. The molecule has 0 bridgehead atoms. The number of nitrogens with one attached hydrogen (secondary N) is 1. The molecule has 1 amide bonds. The van der Waals surface area contributed by atoms with Gasteiger partial charge in [-0.3, -0.25) is 4.79 Å². The zero-order valence-electron chi connectivity index (χ0n) is 11.3. The average Bonchev–Trinajstić information content (AvgIpc) is 2.42. The van der Waals surface area contributed by atoms with Gasteiger partial charge in [0.05, 0.1) is 5.69 Å². The summed E-state index contributed by atoms with van der Waals surface area (Å²) in [6, 6.07) is 4.33. The van der Waals surface area contributed by atoms with E-state index in [2.05, 4.69) is 12.2 Å². The summed E-state index contributed by atoms with van der Waals surface area (Å²) in [6.45, 7) is 2.21.